The fourth-order valence-corrected chi connectivity index (χ4v) is 1.12. The summed E-state index contributed by atoms with van der Waals surface area (Å²) in [5.74, 6) is 1.09. The first-order valence-corrected chi connectivity index (χ1v) is 4.73. The maximum absolute atomic E-state index is 5.39. The molecule has 13 heavy (non-hydrogen) atoms. The molecule has 0 bridgehead atoms. The van der Waals surface area contributed by atoms with Crippen LogP contribution in [0.1, 0.15) is 38.8 Å². The average molecular weight is 180 g/mol. The predicted molar refractivity (Wildman–Crippen MR) is 51.9 cm³/mol. The van der Waals surface area contributed by atoms with Gasteiger partial charge < -0.3 is 4.74 Å². The standard InChI is InChI=1S/C10H16N2O/c1-4-8(3)9-10(13-5-2)12-7-6-11-9/h6-8H,4-5H2,1-3H3. The fourth-order valence-electron chi connectivity index (χ4n) is 1.12. The highest BCUT2D eigenvalue weighted by Crippen LogP contribution is 2.23. The van der Waals surface area contributed by atoms with Crippen molar-refractivity contribution in [2.75, 3.05) is 6.61 Å². The van der Waals surface area contributed by atoms with Crippen LogP contribution >= 0.6 is 0 Å². The van der Waals surface area contributed by atoms with Crippen LogP contribution in [0.4, 0.5) is 0 Å². The van der Waals surface area contributed by atoms with Crippen LogP contribution in [0.3, 0.4) is 0 Å². The summed E-state index contributed by atoms with van der Waals surface area (Å²) in [6.07, 6.45) is 4.43. The summed E-state index contributed by atoms with van der Waals surface area (Å²) in [4.78, 5) is 8.43. The Labute approximate surface area is 79.2 Å². The highest BCUT2D eigenvalue weighted by atomic mass is 16.5. The summed E-state index contributed by atoms with van der Waals surface area (Å²) in [7, 11) is 0. The Kier molecular flexibility index (Phi) is 3.68. The van der Waals surface area contributed by atoms with Crippen molar-refractivity contribution in [2.24, 2.45) is 0 Å². The van der Waals surface area contributed by atoms with E-state index in [1.165, 1.54) is 0 Å². The number of nitrogens with zero attached hydrogens (tertiary/aromatic N) is 2. The van der Waals surface area contributed by atoms with Crippen molar-refractivity contribution in [3.05, 3.63) is 18.1 Å². The highest BCUT2D eigenvalue weighted by molar-refractivity contribution is 5.20. The second kappa shape index (κ2) is 4.80. The lowest BCUT2D eigenvalue weighted by Crippen LogP contribution is -2.03. The largest absolute Gasteiger partial charge is 0.477 e. The van der Waals surface area contributed by atoms with Gasteiger partial charge in [-0.1, -0.05) is 13.8 Å². The maximum Gasteiger partial charge on any atom is 0.235 e. The lowest BCUT2D eigenvalue weighted by atomic mass is 10.1. The third kappa shape index (κ3) is 2.41. The minimum atomic E-state index is 0.412. The summed E-state index contributed by atoms with van der Waals surface area (Å²) in [6, 6.07) is 0. The van der Waals surface area contributed by atoms with E-state index >= 15 is 0 Å². The molecule has 3 nitrogen and oxygen atoms in total. The average Bonchev–Trinajstić information content (AvgIpc) is 2.18. The molecule has 1 atom stereocenters. The van der Waals surface area contributed by atoms with Crippen molar-refractivity contribution in [3.8, 4) is 5.88 Å². The van der Waals surface area contributed by atoms with Crippen LogP contribution in [0.5, 0.6) is 5.88 Å². The van der Waals surface area contributed by atoms with Crippen LogP contribution in [0.15, 0.2) is 12.4 Å². The molecule has 0 aromatic carbocycles. The topological polar surface area (TPSA) is 35.0 Å². The van der Waals surface area contributed by atoms with Gasteiger partial charge in [0.2, 0.25) is 5.88 Å². The van der Waals surface area contributed by atoms with Gasteiger partial charge in [-0.2, -0.15) is 0 Å². The molecule has 0 spiro atoms. The van der Waals surface area contributed by atoms with Gasteiger partial charge in [-0.3, -0.25) is 4.98 Å². The molecule has 0 aliphatic heterocycles. The van der Waals surface area contributed by atoms with Gasteiger partial charge in [-0.15, -0.1) is 0 Å². The molecule has 0 radical (unpaired) electrons. The van der Waals surface area contributed by atoms with Gasteiger partial charge in [-0.05, 0) is 13.3 Å². The zero-order valence-corrected chi connectivity index (χ0v) is 8.45. The van der Waals surface area contributed by atoms with Crippen molar-refractivity contribution in [3.63, 3.8) is 0 Å². The monoisotopic (exact) mass is 180 g/mol. The Bertz CT molecular complexity index is 263. The molecule has 0 saturated carbocycles. The van der Waals surface area contributed by atoms with E-state index in [1.54, 1.807) is 12.4 Å². The molecule has 0 amide bonds. The maximum atomic E-state index is 5.39. The Morgan fingerprint density at radius 1 is 1.31 bits per heavy atom. The van der Waals surface area contributed by atoms with Gasteiger partial charge in [0.15, 0.2) is 0 Å². The van der Waals surface area contributed by atoms with Gasteiger partial charge in [0.1, 0.15) is 5.69 Å². The van der Waals surface area contributed by atoms with Crippen molar-refractivity contribution in [1.29, 1.82) is 0 Å². The van der Waals surface area contributed by atoms with Gasteiger partial charge in [0.05, 0.1) is 6.61 Å². The molecule has 0 aliphatic rings. The number of hydrogen-bond acceptors (Lipinski definition) is 3. The zero-order valence-electron chi connectivity index (χ0n) is 8.45. The van der Waals surface area contributed by atoms with E-state index in [2.05, 4.69) is 23.8 Å². The van der Waals surface area contributed by atoms with Crippen LogP contribution in [0, 0.1) is 0 Å². The van der Waals surface area contributed by atoms with Gasteiger partial charge in [0.25, 0.3) is 0 Å². The van der Waals surface area contributed by atoms with Crippen molar-refractivity contribution >= 4 is 0 Å². The molecule has 1 aromatic heterocycles. The van der Waals surface area contributed by atoms with Crippen LogP contribution in [-0.2, 0) is 0 Å². The smallest absolute Gasteiger partial charge is 0.235 e. The minimum absolute atomic E-state index is 0.412. The fraction of sp³-hybridized carbons (Fsp3) is 0.600. The highest BCUT2D eigenvalue weighted by Gasteiger charge is 2.11. The van der Waals surface area contributed by atoms with Crippen molar-refractivity contribution < 1.29 is 4.74 Å². The molecule has 3 heteroatoms. The normalized spacial score (nSPS) is 12.5. The first-order chi connectivity index (χ1) is 6.29. The molecule has 1 aromatic rings. The van der Waals surface area contributed by atoms with Crippen LogP contribution < -0.4 is 4.74 Å². The SMILES string of the molecule is CCOc1nccnc1C(C)CC. The molecule has 0 saturated heterocycles. The molecular weight excluding hydrogens is 164 g/mol. The van der Waals surface area contributed by atoms with Crippen LogP contribution in [0.2, 0.25) is 0 Å². The number of hydrogen-bond donors (Lipinski definition) is 0. The van der Waals surface area contributed by atoms with Gasteiger partial charge >= 0.3 is 0 Å². The molecule has 0 N–H and O–H groups in total. The molecule has 0 fully saturated rings. The van der Waals surface area contributed by atoms with Crippen molar-refractivity contribution in [2.45, 2.75) is 33.1 Å². The number of ether oxygens (including phenoxy) is 1. The molecule has 0 aliphatic carbocycles. The zero-order chi connectivity index (χ0) is 9.68. The minimum Gasteiger partial charge on any atom is -0.477 e. The molecule has 1 unspecified atom stereocenters. The summed E-state index contributed by atoms with van der Waals surface area (Å²) in [5.41, 5.74) is 0.965. The Hall–Kier alpha value is -1.12. The first kappa shape index (κ1) is 9.96. The second-order valence-electron chi connectivity index (χ2n) is 2.99. The molecule has 1 rings (SSSR count). The Morgan fingerprint density at radius 3 is 2.62 bits per heavy atom. The van der Waals surface area contributed by atoms with Crippen molar-refractivity contribution in [1.82, 2.24) is 9.97 Å². The number of rotatable bonds is 4. The summed E-state index contributed by atoms with van der Waals surface area (Å²) >= 11 is 0. The van der Waals surface area contributed by atoms with E-state index in [9.17, 15) is 0 Å². The molecular formula is C10H16N2O. The van der Waals surface area contributed by atoms with E-state index in [0.717, 1.165) is 12.1 Å². The molecule has 1 heterocycles. The quantitative estimate of drug-likeness (QED) is 0.713. The van der Waals surface area contributed by atoms with E-state index in [-0.39, 0.29) is 0 Å². The summed E-state index contributed by atoms with van der Waals surface area (Å²) < 4.78 is 5.39. The molecule has 72 valence electrons. The number of aromatic nitrogens is 2. The van der Waals surface area contributed by atoms with E-state index < -0.39 is 0 Å². The third-order valence-corrected chi connectivity index (χ3v) is 2.05. The third-order valence-electron chi connectivity index (χ3n) is 2.05. The van der Waals surface area contributed by atoms with E-state index in [1.807, 2.05) is 6.92 Å². The first-order valence-electron chi connectivity index (χ1n) is 4.73. The lowest BCUT2D eigenvalue weighted by Gasteiger charge is -2.11. The van der Waals surface area contributed by atoms with Crippen LogP contribution in [0.25, 0.3) is 0 Å². The summed E-state index contributed by atoms with van der Waals surface area (Å²) in [6.45, 7) is 6.86. The van der Waals surface area contributed by atoms with E-state index in [4.69, 9.17) is 4.74 Å². The Balaban J connectivity index is 2.90. The second-order valence-corrected chi connectivity index (χ2v) is 2.99. The lowest BCUT2D eigenvalue weighted by molar-refractivity contribution is 0.318. The van der Waals surface area contributed by atoms with E-state index in [0.29, 0.717) is 18.4 Å². The van der Waals surface area contributed by atoms with Crippen LogP contribution in [-0.4, -0.2) is 16.6 Å². The van der Waals surface area contributed by atoms with Gasteiger partial charge in [-0.25, -0.2) is 4.98 Å². The Morgan fingerprint density at radius 2 is 2.00 bits per heavy atom. The predicted octanol–water partition coefficient (Wildman–Crippen LogP) is 2.39. The van der Waals surface area contributed by atoms with Gasteiger partial charge in [0, 0.05) is 18.3 Å². The summed E-state index contributed by atoms with van der Waals surface area (Å²) in [5, 5.41) is 0.